The third-order valence-corrected chi connectivity index (χ3v) is 4.96. The molecule has 7 nitrogen and oxygen atoms in total. The van der Waals surface area contributed by atoms with E-state index >= 15 is 0 Å². The summed E-state index contributed by atoms with van der Waals surface area (Å²) in [5, 5.41) is 0. The van der Waals surface area contributed by atoms with Crippen LogP contribution in [-0.2, 0) is 4.79 Å². The molecule has 0 N–H and O–H groups in total. The predicted molar refractivity (Wildman–Crippen MR) is 99.3 cm³/mol. The van der Waals surface area contributed by atoms with Crippen molar-refractivity contribution >= 4 is 23.6 Å². The zero-order valence-corrected chi connectivity index (χ0v) is 15.1. The average Bonchev–Trinajstić information content (AvgIpc) is 3.11. The summed E-state index contributed by atoms with van der Waals surface area (Å²) in [4.78, 5) is 36.9. The van der Waals surface area contributed by atoms with Crippen molar-refractivity contribution in [3.05, 3.63) is 54.4 Å². The number of imide groups is 1. The highest BCUT2D eigenvalue weighted by Gasteiger charge is 2.54. The Balaban J connectivity index is 1.74. The van der Waals surface area contributed by atoms with E-state index in [1.807, 2.05) is 48.0 Å². The van der Waals surface area contributed by atoms with Crippen LogP contribution in [0.1, 0.15) is 12.5 Å². The first kappa shape index (κ1) is 16.4. The van der Waals surface area contributed by atoms with Crippen LogP contribution in [0, 0.1) is 6.92 Å². The van der Waals surface area contributed by atoms with Gasteiger partial charge in [0, 0.05) is 31.2 Å². The van der Waals surface area contributed by atoms with Crippen molar-refractivity contribution in [1.29, 1.82) is 0 Å². The number of likely N-dealkylation sites (N-methyl/N-ethyl adjacent to an activating group) is 1. The Kier molecular flexibility index (Phi) is 3.61. The van der Waals surface area contributed by atoms with Gasteiger partial charge in [0.05, 0.1) is 0 Å². The van der Waals surface area contributed by atoms with Crippen molar-refractivity contribution in [2.24, 2.45) is 4.99 Å². The molecule has 1 aromatic carbocycles. The third kappa shape index (κ3) is 2.16. The highest BCUT2D eigenvalue weighted by atomic mass is 16.2. The van der Waals surface area contributed by atoms with Gasteiger partial charge in [0.2, 0.25) is 5.96 Å². The number of nitrogens with zero attached hydrogens (tertiary/aromatic N) is 5. The molecule has 3 aliphatic heterocycles. The Hall–Kier alpha value is -3.09. The Morgan fingerprint density at radius 2 is 2.04 bits per heavy atom. The summed E-state index contributed by atoms with van der Waals surface area (Å²) in [6.07, 6.45) is 2.97. The molecule has 3 amide bonds. The van der Waals surface area contributed by atoms with Crippen molar-refractivity contribution in [2.75, 3.05) is 18.5 Å². The first-order valence-electron chi connectivity index (χ1n) is 8.54. The second kappa shape index (κ2) is 5.72. The van der Waals surface area contributed by atoms with Gasteiger partial charge >= 0.3 is 6.03 Å². The summed E-state index contributed by atoms with van der Waals surface area (Å²) in [6, 6.07) is 7.23. The second-order valence-electron chi connectivity index (χ2n) is 6.77. The number of hydrogen-bond acceptors (Lipinski definition) is 5. The van der Waals surface area contributed by atoms with E-state index in [0.29, 0.717) is 5.96 Å². The van der Waals surface area contributed by atoms with Crippen LogP contribution in [0.5, 0.6) is 0 Å². The fraction of sp³-hybridized carbons (Fsp3) is 0.316. The van der Waals surface area contributed by atoms with Crippen molar-refractivity contribution in [2.45, 2.75) is 26.1 Å². The van der Waals surface area contributed by atoms with E-state index in [-0.39, 0.29) is 18.5 Å². The van der Waals surface area contributed by atoms with Crippen LogP contribution in [0.15, 0.2) is 53.8 Å². The van der Waals surface area contributed by atoms with E-state index < -0.39 is 12.2 Å². The molecule has 1 saturated heterocycles. The van der Waals surface area contributed by atoms with Crippen LogP contribution in [0.4, 0.5) is 10.5 Å². The smallest absolute Gasteiger partial charge is 0.302 e. The highest BCUT2D eigenvalue weighted by Crippen LogP contribution is 2.36. The van der Waals surface area contributed by atoms with E-state index in [1.165, 1.54) is 9.80 Å². The SMILES string of the molecule is C=CCN1C(=O)C2C(N=C3N(c4cccc(C)c4)C(C)=CN32)N(C)C1=O. The van der Waals surface area contributed by atoms with E-state index in [9.17, 15) is 9.59 Å². The van der Waals surface area contributed by atoms with Crippen LogP contribution in [0.25, 0.3) is 0 Å². The fourth-order valence-corrected chi connectivity index (χ4v) is 3.74. The van der Waals surface area contributed by atoms with Gasteiger partial charge in [-0.05, 0) is 31.5 Å². The van der Waals surface area contributed by atoms with Gasteiger partial charge in [0.15, 0.2) is 12.2 Å². The largest absolute Gasteiger partial charge is 0.328 e. The number of aliphatic imine (C=N–C) groups is 1. The zero-order chi connectivity index (χ0) is 18.6. The lowest BCUT2D eigenvalue weighted by molar-refractivity contribution is -0.136. The van der Waals surface area contributed by atoms with Gasteiger partial charge in [-0.3, -0.25) is 14.6 Å². The Labute approximate surface area is 152 Å². The molecule has 0 aliphatic carbocycles. The molecule has 3 aliphatic rings. The number of carbonyl (C=O) groups is 2. The van der Waals surface area contributed by atoms with Crippen molar-refractivity contribution in [3.63, 3.8) is 0 Å². The minimum atomic E-state index is -0.544. The number of aryl methyl sites for hydroxylation is 1. The summed E-state index contributed by atoms with van der Waals surface area (Å²) < 4.78 is 0. The standard InChI is InChI=1S/C19H21N5O2/c1-5-9-22-17(25)15-16(21(4)19(22)26)20-18-23(15)11-13(3)24(18)14-8-6-7-12(2)10-14/h5-8,10-11,15-16H,1,9H2,2-4H3. The molecular formula is C19H21N5O2. The van der Waals surface area contributed by atoms with Gasteiger partial charge in [-0.25, -0.2) is 9.79 Å². The molecule has 1 fully saturated rings. The third-order valence-electron chi connectivity index (χ3n) is 4.96. The fourth-order valence-electron chi connectivity index (χ4n) is 3.74. The van der Waals surface area contributed by atoms with Gasteiger partial charge in [-0.15, -0.1) is 6.58 Å². The monoisotopic (exact) mass is 351 g/mol. The van der Waals surface area contributed by atoms with Gasteiger partial charge in [-0.2, -0.15) is 0 Å². The molecule has 3 heterocycles. The lowest BCUT2D eigenvalue weighted by Crippen LogP contribution is -2.64. The summed E-state index contributed by atoms with van der Waals surface area (Å²) >= 11 is 0. The number of carbonyl (C=O) groups excluding carboxylic acids is 2. The summed E-state index contributed by atoms with van der Waals surface area (Å²) in [5.74, 6) is 0.434. The first-order valence-corrected chi connectivity index (χ1v) is 8.54. The predicted octanol–water partition coefficient (Wildman–Crippen LogP) is 2.12. The zero-order valence-electron chi connectivity index (χ0n) is 15.1. The van der Waals surface area contributed by atoms with Crippen LogP contribution in [0.3, 0.4) is 0 Å². The molecular weight excluding hydrogens is 330 g/mol. The van der Waals surface area contributed by atoms with Gasteiger partial charge in [0.1, 0.15) is 0 Å². The maximum Gasteiger partial charge on any atom is 0.328 e. The number of allylic oxidation sites excluding steroid dienone is 1. The molecule has 0 bridgehead atoms. The van der Waals surface area contributed by atoms with Crippen LogP contribution >= 0.6 is 0 Å². The first-order chi connectivity index (χ1) is 12.4. The number of anilines is 1. The summed E-state index contributed by atoms with van der Waals surface area (Å²) in [6.45, 7) is 7.86. The number of hydrogen-bond donors (Lipinski definition) is 0. The molecule has 2 unspecified atom stereocenters. The van der Waals surface area contributed by atoms with Crippen LogP contribution < -0.4 is 4.90 Å². The number of fused-ring (bicyclic) bond motifs is 3. The van der Waals surface area contributed by atoms with Gasteiger partial charge < -0.3 is 9.80 Å². The number of urea groups is 1. The summed E-state index contributed by atoms with van der Waals surface area (Å²) in [7, 11) is 1.68. The van der Waals surface area contributed by atoms with Crippen molar-refractivity contribution in [1.82, 2.24) is 14.7 Å². The molecule has 134 valence electrons. The summed E-state index contributed by atoms with van der Waals surface area (Å²) in [5.41, 5.74) is 3.11. The van der Waals surface area contributed by atoms with Gasteiger partial charge in [0.25, 0.3) is 5.91 Å². The maximum absolute atomic E-state index is 13.0. The minimum Gasteiger partial charge on any atom is -0.302 e. The normalized spacial score (nSPS) is 24.6. The molecule has 7 heteroatoms. The Morgan fingerprint density at radius 3 is 2.73 bits per heavy atom. The molecule has 1 aromatic rings. The molecule has 26 heavy (non-hydrogen) atoms. The number of amides is 3. The average molecular weight is 351 g/mol. The van der Waals surface area contributed by atoms with Crippen molar-refractivity contribution < 1.29 is 9.59 Å². The lowest BCUT2D eigenvalue weighted by Gasteiger charge is -2.39. The number of benzene rings is 1. The molecule has 0 saturated carbocycles. The highest BCUT2D eigenvalue weighted by molar-refractivity contribution is 6.09. The lowest BCUT2D eigenvalue weighted by atomic mass is 10.1. The number of rotatable bonds is 3. The quantitative estimate of drug-likeness (QED) is 0.783. The molecule has 0 spiro atoms. The number of guanidine groups is 1. The van der Waals surface area contributed by atoms with Crippen LogP contribution in [0.2, 0.25) is 0 Å². The molecule has 4 rings (SSSR count). The minimum absolute atomic E-state index is 0.193. The maximum atomic E-state index is 13.0. The van der Waals surface area contributed by atoms with E-state index in [0.717, 1.165) is 16.9 Å². The Morgan fingerprint density at radius 1 is 1.27 bits per heavy atom. The van der Waals surface area contributed by atoms with Gasteiger partial charge in [-0.1, -0.05) is 18.2 Å². The van der Waals surface area contributed by atoms with Crippen LogP contribution in [-0.4, -0.2) is 58.4 Å². The molecule has 0 aromatic heterocycles. The van der Waals surface area contributed by atoms with E-state index in [4.69, 9.17) is 4.99 Å². The Bertz CT molecular complexity index is 874. The van der Waals surface area contributed by atoms with Crippen molar-refractivity contribution in [3.8, 4) is 0 Å². The topological polar surface area (TPSA) is 59.5 Å². The second-order valence-corrected chi connectivity index (χ2v) is 6.77. The van der Waals surface area contributed by atoms with E-state index in [1.54, 1.807) is 13.1 Å². The van der Waals surface area contributed by atoms with E-state index in [2.05, 4.69) is 12.6 Å². The molecule has 2 atom stereocenters. The molecule has 0 radical (unpaired) electrons.